The van der Waals surface area contributed by atoms with Gasteiger partial charge in [0.25, 0.3) is 0 Å². The summed E-state index contributed by atoms with van der Waals surface area (Å²) in [4.78, 5) is 18.1. The third-order valence-electron chi connectivity index (χ3n) is 3.24. The van der Waals surface area contributed by atoms with Gasteiger partial charge in [-0.1, -0.05) is 6.07 Å². The average molecular weight is 272 g/mol. The molecule has 0 fully saturated rings. The van der Waals surface area contributed by atoms with Gasteiger partial charge in [0.2, 0.25) is 5.91 Å². The summed E-state index contributed by atoms with van der Waals surface area (Å²) in [7, 11) is 0. The van der Waals surface area contributed by atoms with Crippen LogP contribution in [0.1, 0.15) is 18.9 Å². The summed E-state index contributed by atoms with van der Waals surface area (Å²) < 4.78 is 1.84. The van der Waals surface area contributed by atoms with Gasteiger partial charge in [0.15, 0.2) is 0 Å². The summed E-state index contributed by atoms with van der Waals surface area (Å²) in [5.41, 5.74) is 1.10. The Hall–Kier alpha value is -2.17. The fourth-order valence-corrected chi connectivity index (χ4v) is 2.07. The van der Waals surface area contributed by atoms with Crippen LogP contribution in [0.4, 0.5) is 0 Å². The summed E-state index contributed by atoms with van der Waals surface area (Å²) in [6.45, 7) is 4.17. The van der Waals surface area contributed by atoms with Gasteiger partial charge in [0, 0.05) is 44.3 Å². The SMILES string of the molecule is CCN(CCn1cccn1)C(=O)CCc1cccnc1. The van der Waals surface area contributed by atoms with Crippen molar-refractivity contribution in [3.8, 4) is 0 Å². The molecule has 0 N–H and O–H groups in total. The van der Waals surface area contributed by atoms with Gasteiger partial charge in [-0.15, -0.1) is 0 Å². The van der Waals surface area contributed by atoms with E-state index in [1.54, 1.807) is 12.4 Å². The molecule has 0 aromatic carbocycles. The molecule has 0 aliphatic carbocycles. The molecule has 2 heterocycles. The third-order valence-corrected chi connectivity index (χ3v) is 3.24. The molecule has 0 radical (unpaired) electrons. The number of pyridine rings is 1. The fourth-order valence-electron chi connectivity index (χ4n) is 2.07. The van der Waals surface area contributed by atoms with Gasteiger partial charge in [-0.3, -0.25) is 14.5 Å². The van der Waals surface area contributed by atoms with Crippen LogP contribution in [-0.2, 0) is 17.8 Å². The Morgan fingerprint density at radius 2 is 2.25 bits per heavy atom. The molecule has 5 heteroatoms. The zero-order valence-electron chi connectivity index (χ0n) is 11.8. The molecule has 2 aromatic rings. The molecule has 5 nitrogen and oxygen atoms in total. The molecule has 0 bridgehead atoms. The zero-order chi connectivity index (χ0) is 14.2. The number of aryl methyl sites for hydroxylation is 1. The lowest BCUT2D eigenvalue weighted by Crippen LogP contribution is -2.34. The van der Waals surface area contributed by atoms with Crippen LogP contribution in [0, 0.1) is 0 Å². The van der Waals surface area contributed by atoms with Crippen LogP contribution in [-0.4, -0.2) is 38.7 Å². The number of aromatic nitrogens is 3. The van der Waals surface area contributed by atoms with Crippen molar-refractivity contribution >= 4 is 5.91 Å². The highest BCUT2D eigenvalue weighted by Gasteiger charge is 2.11. The van der Waals surface area contributed by atoms with Gasteiger partial charge in [0.05, 0.1) is 6.54 Å². The predicted octanol–water partition coefficient (Wildman–Crippen LogP) is 1.76. The highest BCUT2D eigenvalue weighted by molar-refractivity contribution is 5.76. The maximum absolute atomic E-state index is 12.2. The van der Waals surface area contributed by atoms with Crippen molar-refractivity contribution < 1.29 is 4.79 Å². The summed E-state index contributed by atoms with van der Waals surface area (Å²) >= 11 is 0. The van der Waals surface area contributed by atoms with Crippen molar-refractivity contribution in [3.05, 3.63) is 48.5 Å². The Kier molecular flexibility index (Phi) is 5.29. The van der Waals surface area contributed by atoms with E-state index in [1.165, 1.54) is 0 Å². The van der Waals surface area contributed by atoms with Crippen molar-refractivity contribution in [2.75, 3.05) is 13.1 Å². The van der Waals surface area contributed by atoms with Gasteiger partial charge in [-0.2, -0.15) is 5.10 Å². The maximum atomic E-state index is 12.2. The molecule has 1 amide bonds. The molecular weight excluding hydrogens is 252 g/mol. The minimum absolute atomic E-state index is 0.184. The maximum Gasteiger partial charge on any atom is 0.222 e. The lowest BCUT2D eigenvalue weighted by atomic mass is 10.1. The van der Waals surface area contributed by atoms with E-state index in [-0.39, 0.29) is 5.91 Å². The van der Waals surface area contributed by atoms with E-state index in [0.29, 0.717) is 13.0 Å². The van der Waals surface area contributed by atoms with Crippen molar-refractivity contribution in [1.29, 1.82) is 0 Å². The van der Waals surface area contributed by atoms with E-state index in [2.05, 4.69) is 10.1 Å². The number of rotatable bonds is 7. The average Bonchev–Trinajstić information content (AvgIpc) is 3.00. The minimum atomic E-state index is 0.184. The highest BCUT2D eigenvalue weighted by Crippen LogP contribution is 2.04. The van der Waals surface area contributed by atoms with Crippen LogP contribution < -0.4 is 0 Å². The molecule has 0 aliphatic heterocycles. The highest BCUT2D eigenvalue weighted by atomic mass is 16.2. The molecule has 20 heavy (non-hydrogen) atoms. The number of carbonyl (C=O) groups excluding carboxylic acids is 1. The van der Waals surface area contributed by atoms with Crippen molar-refractivity contribution in [3.63, 3.8) is 0 Å². The van der Waals surface area contributed by atoms with E-state index in [4.69, 9.17) is 0 Å². The van der Waals surface area contributed by atoms with Crippen LogP contribution in [0.5, 0.6) is 0 Å². The van der Waals surface area contributed by atoms with E-state index in [9.17, 15) is 4.79 Å². The third kappa shape index (κ3) is 4.19. The number of hydrogen-bond acceptors (Lipinski definition) is 3. The molecule has 0 saturated heterocycles. The minimum Gasteiger partial charge on any atom is -0.341 e. The number of nitrogens with zero attached hydrogens (tertiary/aromatic N) is 4. The first-order valence-corrected chi connectivity index (χ1v) is 6.93. The predicted molar refractivity (Wildman–Crippen MR) is 77.0 cm³/mol. The second kappa shape index (κ2) is 7.43. The molecule has 0 unspecified atom stereocenters. The summed E-state index contributed by atoms with van der Waals surface area (Å²) in [5, 5.41) is 4.15. The number of amides is 1. The largest absolute Gasteiger partial charge is 0.341 e. The first kappa shape index (κ1) is 14.2. The Bertz CT molecular complexity index is 510. The molecule has 0 spiro atoms. The van der Waals surface area contributed by atoms with Crippen molar-refractivity contribution in [2.24, 2.45) is 0 Å². The van der Waals surface area contributed by atoms with E-state index in [1.807, 2.05) is 47.1 Å². The van der Waals surface area contributed by atoms with E-state index in [0.717, 1.165) is 25.1 Å². The standard InChI is InChI=1S/C15H20N4O/c1-2-18(11-12-19-10-4-9-17-19)15(20)7-6-14-5-3-8-16-13-14/h3-5,8-10,13H,2,6-7,11-12H2,1H3. The lowest BCUT2D eigenvalue weighted by Gasteiger charge is -2.20. The first-order valence-electron chi connectivity index (χ1n) is 6.93. The topological polar surface area (TPSA) is 51.0 Å². The molecule has 2 aromatic heterocycles. The molecule has 0 aliphatic rings. The number of likely N-dealkylation sites (N-methyl/N-ethyl adjacent to an activating group) is 1. The first-order chi connectivity index (χ1) is 9.79. The Morgan fingerprint density at radius 1 is 1.35 bits per heavy atom. The molecule has 106 valence electrons. The van der Waals surface area contributed by atoms with Crippen LogP contribution in [0.25, 0.3) is 0 Å². The number of carbonyl (C=O) groups is 1. The van der Waals surface area contributed by atoms with Gasteiger partial charge >= 0.3 is 0 Å². The van der Waals surface area contributed by atoms with Gasteiger partial charge in [0.1, 0.15) is 0 Å². The Balaban J connectivity index is 1.79. The lowest BCUT2D eigenvalue weighted by molar-refractivity contribution is -0.131. The monoisotopic (exact) mass is 272 g/mol. The zero-order valence-corrected chi connectivity index (χ0v) is 11.8. The van der Waals surface area contributed by atoms with E-state index >= 15 is 0 Å². The Morgan fingerprint density at radius 3 is 2.90 bits per heavy atom. The van der Waals surface area contributed by atoms with Crippen LogP contribution in [0.15, 0.2) is 43.0 Å². The Labute approximate surface area is 119 Å². The quantitative estimate of drug-likeness (QED) is 0.771. The summed E-state index contributed by atoms with van der Waals surface area (Å²) in [6.07, 6.45) is 8.49. The summed E-state index contributed by atoms with van der Waals surface area (Å²) in [6, 6.07) is 5.79. The van der Waals surface area contributed by atoms with Crippen LogP contribution in [0.3, 0.4) is 0 Å². The van der Waals surface area contributed by atoms with Gasteiger partial charge in [-0.25, -0.2) is 0 Å². The second-order valence-corrected chi connectivity index (χ2v) is 4.60. The van der Waals surface area contributed by atoms with Gasteiger partial charge in [-0.05, 0) is 31.0 Å². The van der Waals surface area contributed by atoms with Crippen molar-refractivity contribution in [1.82, 2.24) is 19.7 Å². The number of hydrogen-bond donors (Lipinski definition) is 0. The second-order valence-electron chi connectivity index (χ2n) is 4.60. The fraction of sp³-hybridized carbons (Fsp3) is 0.400. The molecule has 2 rings (SSSR count). The molecular formula is C15H20N4O. The smallest absolute Gasteiger partial charge is 0.222 e. The summed E-state index contributed by atoms with van der Waals surface area (Å²) in [5.74, 6) is 0.184. The molecule has 0 atom stereocenters. The van der Waals surface area contributed by atoms with Crippen LogP contribution in [0.2, 0.25) is 0 Å². The normalized spacial score (nSPS) is 10.4. The van der Waals surface area contributed by atoms with E-state index < -0.39 is 0 Å². The molecule has 0 saturated carbocycles. The van der Waals surface area contributed by atoms with Gasteiger partial charge < -0.3 is 4.90 Å². The van der Waals surface area contributed by atoms with Crippen molar-refractivity contribution in [2.45, 2.75) is 26.3 Å². The van der Waals surface area contributed by atoms with Crippen LogP contribution >= 0.6 is 0 Å².